The Hall–Kier alpha value is -0.900. The molecule has 4 nitrogen and oxygen atoms in total. The molecule has 12 heavy (non-hydrogen) atoms. The van der Waals surface area contributed by atoms with E-state index in [1.807, 2.05) is 0 Å². The van der Waals surface area contributed by atoms with E-state index in [9.17, 15) is 14.4 Å². The molecule has 0 N–H and O–H groups in total. The van der Waals surface area contributed by atoms with Gasteiger partial charge in [-0.2, -0.15) is 0 Å². The van der Waals surface area contributed by atoms with Gasteiger partial charge in [0.05, 0.1) is 0 Å². The maximum Gasteiger partial charge on any atom is 0.244 e. The highest BCUT2D eigenvalue weighted by atomic mass is 35.5. The number of hydrogen-bond acceptors (Lipinski definition) is 3. The zero-order valence-corrected chi connectivity index (χ0v) is 7.30. The normalized spacial score (nSPS) is 23.0. The number of nitrogens with zero attached hydrogens (tertiary/aromatic N) is 1. The van der Waals surface area contributed by atoms with Crippen molar-refractivity contribution in [2.45, 2.75) is 25.8 Å². The number of carbonyl (C=O) groups excluding carboxylic acids is 3. The fourth-order valence-corrected chi connectivity index (χ4v) is 1.50. The van der Waals surface area contributed by atoms with Gasteiger partial charge in [0, 0.05) is 13.3 Å². The molecule has 0 saturated carbocycles. The summed E-state index contributed by atoms with van der Waals surface area (Å²) in [5.41, 5.74) is 0. The summed E-state index contributed by atoms with van der Waals surface area (Å²) in [5.74, 6) is -0.738. The molecule has 1 unspecified atom stereocenters. The first-order valence-electron chi connectivity index (χ1n) is 3.56. The third-order valence-electron chi connectivity index (χ3n) is 1.81. The Morgan fingerprint density at radius 3 is 2.50 bits per heavy atom. The monoisotopic (exact) mass is 189 g/mol. The van der Waals surface area contributed by atoms with Crippen molar-refractivity contribution >= 4 is 28.7 Å². The van der Waals surface area contributed by atoms with Crippen LogP contribution in [0.3, 0.4) is 0 Å². The predicted octanol–water partition coefficient (Wildman–Crippen LogP) is 0.289. The Balaban J connectivity index is 2.84. The van der Waals surface area contributed by atoms with Gasteiger partial charge in [-0.25, -0.2) is 0 Å². The van der Waals surface area contributed by atoms with Crippen LogP contribution >= 0.6 is 11.6 Å². The molecule has 1 heterocycles. The van der Waals surface area contributed by atoms with Crippen LogP contribution in [0.25, 0.3) is 0 Å². The standard InChI is InChI=1S/C7H8ClNO3/c1-4(10)9-5(7(8)12)2-3-6(9)11/h5H,2-3H2,1H3. The Labute approximate surface area is 74.5 Å². The molecule has 66 valence electrons. The van der Waals surface area contributed by atoms with E-state index < -0.39 is 17.2 Å². The van der Waals surface area contributed by atoms with Crippen LogP contribution in [-0.4, -0.2) is 28.0 Å². The van der Waals surface area contributed by atoms with Crippen LogP contribution < -0.4 is 0 Å². The fourth-order valence-electron chi connectivity index (χ4n) is 1.29. The van der Waals surface area contributed by atoms with Gasteiger partial charge in [-0.1, -0.05) is 0 Å². The average Bonchev–Trinajstić information content (AvgIpc) is 2.30. The number of likely N-dealkylation sites (tertiary alicyclic amines) is 1. The molecule has 0 aliphatic carbocycles. The van der Waals surface area contributed by atoms with Crippen LogP contribution in [0.1, 0.15) is 19.8 Å². The summed E-state index contributed by atoms with van der Waals surface area (Å²) >= 11 is 5.20. The van der Waals surface area contributed by atoms with Crippen LogP contribution in [0, 0.1) is 0 Å². The van der Waals surface area contributed by atoms with E-state index in [1.165, 1.54) is 6.92 Å². The first kappa shape index (κ1) is 9.19. The maximum atomic E-state index is 11.0. The molecule has 2 amide bonds. The van der Waals surface area contributed by atoms with E-state index in [-0.39, 0.29) is 12.3 Å². The van der Waals surface area contributed by atoms with Crippen molar-refractivity contribution in [3.05, 3.63) is 0 Å². The number of amides is 2. The van der Waals surface area contributed by atoms with Gasteiger partial charge < -0.3 is 0 Å². The number of halogens is 1. The molecule has 0 spiro atoms. The molecule has 1 saturated heterocycles. The molecule has 1 atom stereocenters. The van der Waals surface area contributed by atoms with Crippen molar-refractivity contribution in [3.63, 3.8) is 0 Å². The number of imide groups is 1. The minimum atomic E-state index is -0.739. The Bertz CT molecular complexity index is 251. The molecule has 1 rings (SSSR count). The van der Waals surface area contributed by atoms with Gasteiger partial charge in [0.1, 0.15) is 6.04 Å². The molecular weight excluding hydrogens is 182 g/mol. The van der Waals surface area contributed by atoms with Gasteiger partial charge in [-0.3, -0.25) is 19.3 Å². The van der Waals surface area contributed by atoms with Crippen LogP contribution in [0.15, 0.2) is 0 Å². The first-order valence-corrected chi connectivity index (χ1v) is 3.94. The molecule has 0 radical (unpaired) electrons. The number of carbonyl (C=O) groups is 3. The number of hydrogen-bond donors (Lipinski definition) is 0. The summed E-state index contributed by atoms with van der Waals surface area (Å²) in [5, 5.41) is -0.643. The highest BCUT2D eigenvalue weighted by Crippen LogP contribution is 2.20. The smallest absolute Gasteiger partial charge is 0.244 e. The van der Waals surface area contributed by atoms with Gasteiger partial charge in [0.15, 0.2) is 0 Å². The van der Waals surface area contributed by atoms with E-state index in [1.54, 1.807) is 0 Å². The van der Waals surface area contributed by atoms with Crippen molar-refractivity contribution in [2.24, 2.45) is 0 Å². The average molecular weight is 190 g/mol. The molecule has 5 heteroatoms. The van der Waals surface area contributed by atoms with E-state index in [2.05, 4.69) is 0 Å². The van der Waals surface area contributed by atoms with Gasteiger partial charge >= 0.3 is 0 Å². The highest BCUT2D eigenvalue weighted by Gasteiger charge is 2.37. The zero-order chi connectivity index (χ0) is 9.30. The van der Waals surface area contributed by atoms with Crippen molar-refractivity contribution in [2.75, 3.05) is 0 Å². The predicted molar refractivity (Wildman–Crippen MR) is 41.4 cm³/mol. The lowest BCUT2D eigenvalue weighted by Crippen LogP contribution is -2.40. The summed E-state index contributed by atoms with van der Waals surface area (Å²) in [4.78, 5) is 33.5. The number of rotatable bonds is 1. The van der Waals surface area contributed by atoms with Crippen LogP contribution in [0.5, 0.6) is 0 Å². The Morgan fingerprint density at radius 2 is 2.17 bits per heavy atom. The zero-order valence-electron chi connectivity index (χ0n) is 6.54. The Morgan fingerprint density at radius 1 is 1.58 bits per heavy atom. The fraction of sp³-hybridized carbons (Fsp3) is 0.571. The van der Waals surface area contributed by atoms with Gasteiger partial charge in [0.25, 0.3) is 0 Å². The third-order valence-corrected chi connectivity index (χ3v) is 2.07. The van der Waals surface area contributed by atoms with Crippen molar-refractivity contribution in [1.29, 1.82) is 0 Å². The maximum absolute atomic E-state index is 11.0. The summed E-state index contributed by atoms with van der Waals surface area (Å²) < 4.78 is 0. The third kappa shape index (κ3) is 1.48. The van der Waals surface area contributed by atoms with Gasteiger partial charge in [-0.15, -0.1) is 0 Å². The van der Waals surface area contributed by atoms with Gasteiger partial charge in [-0.05, 0) is 18.0 Å². The molecule has 1 fully saturated rings. The quantitative estimate of drug-likeness (QED) is 0.557. The summed E-state index contributed by atoms with van der Waals surface area (Å²) in [6.45, 7) is 1.25. The minimum absolute atomic E-state index is 0.225. The van der Waals surface area contributed by atoms with Gasteiger partial charge in [0.2, 0.25) is 17.1 Å². The van der Waals surface area contributed by atoms with Crippen molar-refractivity contribution < 1.29 is 14.4 Å². The molecule has 0 bridgehead atoms. The molecule has 0 aromatic rings. The second kappa shape index (κ2) is 3.23. The largest absolute Gasteiger partial charge is 0.279 e. The molecule has 0 aromatic carbocycles. The topological polar surface area (TPSA) is 54.5 Å². The molecular formula is C7H8ClNO3. The van der Waals surface area contributed by atoms with Crippen LogP contribution in [0.4, 0.5) is 0 Å². The van der Waals surface area contributed by atoms with Crippen LogP contribution in [-0.2, 0) is 14.4 Å². The van der Waals surface area contributed by atoms with Crippen molar-refractivity contribution in [3.8, 4) is 0 Å². The lowest BCUT2D eigenvalue weighted by atomic mass is 10.2. The molecule has 1 aliphatic rings. The lowest BCUT2D eigenvalue weighted by Gasteiger charge is -2.17. The SMILES string of the molecule is CC(=O)N1C(=O)CCC1C(=O)Cl. The van der Waals surface area contributed by atoms with E-state index in [4.69, 9.17) is 11.6 Å². The summed E-state index contributed by atoms with van der Waals surface area (Å²) in [6, 6.07) is -0.739. The summed E-state index contributed by atoms with van der Waals surface area (Å²) in [7, 11) is 0. The van der Waals surface area contributed by atoms with Crippen LogP contribution in [0.2, 0.25) is 0 Å². The lowest BCUT2D eigenvalue weighted by molar-refractivity contribution is -0.144. The molecule has 0 aromatic heterocycles. The minimum Gasteiger partial charge on any atom is -0.279 e. The first-order chi connectivity index (χ1) is 5.54. The van der Waals surface area contributed by atoms with E-state index in [0.717, 1.165) is 4.90 Å². The highest BCUT2D eigenvalue weighted by molar-refractivity contribution is 6.65. The summed E-state index contributed by atoms with van der Waals surface area (Å²) in [6.07, 6.45) is 0.573. The van der Waals surface area contributed by atoms with Crippen molar-refractivity contribution in [1.82, 2.24) is 4.90 Å². The second-order valence-electron chi connectivity index (χ2n) is 2.64. The van der Waals surface area contributed by atoms with E-state index >= 15 is 0 Å². The van der Waals surface area contributed by atoms with E-state index in [0.29, 0.717) is 6.42 Å². The molecule has 1 aliphatic heterocycles. The second-order valence-corrected chi connectivity index (χ2v) is 3.01. The Kier molecular flexibility index (Phi) is 2.47.